The number of phenolic OH excluding ortho intramolecular Hbond substituents is 1. The maximum absolute atomic E-state index is 10.6. The van der Waals surface area contributed by atoms with Crippen molar-refractivity contribution in [2.24, 2.45) is 0 Å². The SMILES string of the molecule is CC(C)c1ccc(C(C)C)c(CCCC(=O)O)c1O. The van der Waals surface area contributed by atoms with Crippen molar-refractivity contribution in [3.8, 4) is 5.75 Å². The van der Waals surface area contributed by atoms with Crippen LogP contribution in [-0.2, 0) is 11.2 Å². The van der Waals surface area contributed by atoms with E-state index in [2.05, 4.69) is 19.9 Å². The lowest BCUT2D eigenvalue weighted by molar-refractivity contribution is -0.137. The Morgan fingerprint density at radius 1 is 1.11 bits per heavy atom. The van der Waals surface area contributed by atoms with Crippen LogP contribution in [0, 0.1) is 0 Å². The van der Waals surface area contributed by atoms with Crippen LogP contribution in [0.25, 0.3) is 0 Å². The van der Waals surface area contributed by atoms with Crippen LogP contribution in [-0.4, -0.2) is 16.2 Å². The van der Waals surface area contributed by atoms with E-state index in [1.54, 1.807) is 0 Å². The van der Waals surface area contributed by atoms with Crippen LogP contribution < -0.4 is 0 Å². The molecule has 0 unspecified atom stereocenters. The summed E-state index contributed by atoms with van der Waals surface area (Å²) in [6.07, 6.45) is 1.32. The molecule has 0 amide bonds. The van der Waals surface area contributed by atoms with Crippen LogP contribution in [0.2, 0.25) is 0 Å². The lowest BCUT2D eigenvalue weighted by Crippen LogP contribution is -2.03. The van der Waals surface area contributed by atoms with Crippen molar-refractivity contribution in [2.45, 2.75) is 58.8 Å². The molecule has 0 saturated carbocycles. The maximum Gasteiger partial charge on any atom is 0.303 e. The van der Waals surface area contributed by atoms with Crippen LogP contribution in [0.5, 0.6) is 5.75 Å². The Hall–Kier alpha value is -1.51. The molecule has 3 nitrogen and oxygen atoms in total. The second-order valence-corrected chi connectivity index (χ2v) is 5.63. The molecule has 0 atom stereocenters. The van der Waals surface area contributed by atoms with Crippen molar-refractivity contribution < 1.29 is 15.0 Å². The van der Waals surface area contributed by atoms with Crippen LogP contribution in [0.4, 0.5) is 0 Å². The van der Waals surface area contributed by atoms with Gasteiger partial charge in [0.1, 0.15) is 5.75 Å². The summed E-state index contributed by atoms with van der Waals surface area (Å²) < 4.78 is 0. The monoisotopic (exact) mass is 264 g/mol. The summed E-state index contributed by atoms with van der Waals surface area (Å²) >= 11 is 0. The summed E-state index contributed by atoms with van der Waals surface area (Å²) in [6, 6.07) is 4.05. The summed E-state index contributed by atoms with van der Waals surface area (Å²) in [7, 11) is 0. The number of carboxylic acid groups (broad SMARTS) is 1. The highest BCUT2D eigenvalue weighted by Gasteiger charge is 2.16. The third-order valence-electron chi connectivity index (χ3n) is 3.41. The minimum absolute atomic E-state index is 0.142. The first-order valence-electron chi connectivity index (χ1n) is 6.91. The predicted octanol–water partition coefficient (Wildman–Crippen LogP) is 4.05. The molecule has 0 fully saturated rings. The zero-order valence-corrected chi connectivity index (χ0v) is 12.2. The topological polar surface area (TPSA) is 57.5 Å². The first kappa shape index (κ1) is 15.5. The number of aromatic hydroxyl groups is 1. The van der Waals surface area contributed by atoms with E-state index in [-0.39, 0.29) is 12.3 Å². The molecular formula is C16H24O3. The van der Waals surface area contributed by atoms with E-state index in [1.807, 2.05) is 19.9 Å². The number of rotatable bonds is 6. The molecule has 1 aromatic rings. The highest BCUT2D eigenvalue weighted by Crippen LogP contribution is 2.35. The first-order chi connectivity index (χ1) is 8.84. The molecule has 1 rings (SSSR count). The quantitative estimate of drug-likeness (QED) is 0.815. The molecule has 0 bridgehead atoms. The normalized spacial score (nSPS) is 11.3. The highest BCUT2D eigenvalue weighted by atomic mass is 16.4. The molecule has 19 heavy (non-hydrogen) atoms. The van der Waals surface area contributed by atoms with Crippen LogP contribution in [0.1, 0.15) is 69.1 Å². The van der Waals surface area contributed by atoms with E-state index >= 15 is 0 Å². The number of aliphatic carboxylic acids is 1. The van der Waals surface area contributed by atoms with Gasteiger partial charge in [0.05, 0.1) is 0 Å². The van der Waals surface area contributed by atoms with Crippen molar-refractivity contribution in [2.75, 3.05) is 0 Å². The van der Waals surface area contributed by atoms with E-state index in [4.69, 9.17) is 5.11 Å². The Bertz CT molecular complexity index is 448. The van der Waals surface area contributed by atoms with Crippen LogP contribution in [0.15, 0.2) is 12.1 Å². The van der Waals surface area contributed by atoms with Gasteiger partial charge in [0.25, 0.3) is 0 Å². The Labute approximate surface area is 115 Å². The second-order valence-electron chi connectivity index (χ2n) is 5.63. The van der Waals surface area contributed by atoms with Gasteiger partial charge >= 0.3 is 5.97 Å². The van der Waals surface area contributed by atoms with Gasteiger partial charge in [-0.1, -0.05) is 39.8 Å². The third-order valence-corrected chi connectivity index (χ3v) is 3.41. The molecule has 0 aliphatic heterocycles. The van der Waals surface area contributed by atoms with E-state index in [1.165, 1.54) is 0 Å². The van der Waals surface area contributed by atoms with Crippen LogP contribution in [0.3, 0.4) is 0 Å². The first-order valence-corrected chi connectivity index (χ1v) is 6.91. The van der Waals surface area contributed by atoms with Crippen molar-refractivity contribution in [1.82, 2.24) is 0 Å². The molecule has 3 heteroatoms. The zero-order chi connectivity index (χ0) is 14.6. The average Bonchev–Trinajstić information content (AvgIpc) is 2.29. The predicted molar refractivity (Wildman–Crippen MR) is 76.9 cm³/mol. The van der Waals surface area contributed by atoms with Crippen molar-refractivity contribution >= 4 is 5.97 Å². The molecule has 0 radical (unpaired) electrons. The summed E-state index contributed by atoms with van der Waals surface area (Å²) in [5.41, 5.74) is 2.98. The molecule has 106 valence electrons. The molecule has 0 aliphatic rings. The molecular weight excluding hydrogens is 240 g/mol. The van der Waals surface area contributed by atoms with E-state index in [0.29, 0.717) is 24.5 Å². The van der Waals surface area contributed by atoms with Crippen molar-refractivity contribution in [3.05, 3.63) is 28.8 Å². The summed E-state index contributed by atoms with van der Waals surface area (Å²) in [4.78, 5) is 10.6. The van der Waals surface area contributed by atoms with Gasteiger partial charge in [0.2, 0.25) is 0 Å². The standard InChI is InChI=1S/C16H24O3/c1-10(2)12-8-9-13(11(3)4)16(19)14(12)6-5-7-15(17)18/h8-11,19H,5-7H2,1-4H3,(H,17,18). The summed E-state index contributed by atoms with van der Waals surface area (Å²) in [5, 5.41) is 19.1. The van der Waals surface area contributed by atoms with Gasteiger partial charge in [-0.15, -0.1) is 0 Å². The second kappa shape index (κ2) is 6.60. The summed E-state index contributed by atoms with van der Waals surface area (Å²) in [6.45, 7) is 8.27. The molecule has 0 saturated heterocycles. The molecule has 0 spiro atoms. The fourth-order valence-corrected chi connectivity index (χ4v) is 2.36. The van der Waals surface area contributed by atoms with Gasteiger partial charge in [-0.2, -0.15) is 0 Å². The number of carboxylic acids is 1. The van der Waals surface area contributed by atoms with Gasteiger partial charge in [0.15, 0.2) is 0 Å². The molecule has 1 aromatic carbocycles. The Kier molecular flexibility index (Phi) is 5.40. The number of hydrogen-bond acceptors (Lipinski definition) is 2. The van der Waals surface area contributed by atoms with Crippen molar-refractivity contribution in [1.29, 1.82) is 0 Å². The van der Waals surface area contributed by atoms with Crippen LogP contribution >= 0.6 is 0 Å². The lowest BCUT2D eigenvalue weighted by Gasteiger charge is -2.18. The Morgan fingerprint density at radius 3 is 2.11 bits per heavy atom. The van der Waals surface area contributed by atoms with E-state index in [9.17, 15) is 9.90 Å². The minimum Gasteiger partial charge on any atom is -0.507 e. The summed E-state index contributed by atoms with van der Waals surface area (Å²) in [5.74, 6) is 0.156. The maximum atomic E-state index is 10.6. The number of carbonyl (C=O) groups is 1. The number of benzene rings is 1. The molecule has 0 aliphatic carbocycles. The smallest absolute Gasteiger partial charge is 0.303 e. The zero-order valence-electron chi connectivity index (χ0n) is 12.2. The van der Waals surface area contributed by atoms with Gasteiger partial charge in [0, 0.05) is 6.42 Å². The average molecular weight is 264 g/mol. The Morgan fingerprint density at radius 2 is 1.63 bits per heavy atom. The number of phenols is 1. The molecule has 2 N–H and O–H groups in total. The van der Waals surface area contributed by atoms with Gasteiger partial charge < -0.3 is 10.2 Å². The van der Waals surface area contributed by atoms with Gasteiger partial charge in [-0.25, -0.2) is 0 Å². The number of hydrogen-bond donors (Lipinski definition) is 2. The van der Waals surface area contributed by atoms with Gasteiger partial charge in [-0.05, 0) is 41.4 Å². The molecule has 0 heterocycles. The largest absolute Gasteiger partial charge is 0.507 e. The Balaban J connectivity index is 3.08. The fraction of sp³-hybridized carbons (Fsp3) is 0.562. The fourth-order valence-electron chi connectivity index (χ4n) is 2.36. The third kappa shape index (κ3) is 3.98. The minimum atomic E-state index is -0.786. The van der Waals surface area contributed by atoms with E-state index < -0.39 is 5.97 Å². The van der Waals surface area contributed by atoms with Gasteiger partial charge in [-0.3, -0.25) is 4.79 Å². The highest BCUT2D eigenvalue weighted by molar-refractivity contribution is 5.66. The molecule has 0 aromatic heterocycles. The van der Waals surface area contributed by atoms with Crippen molar-refractivity contribution in [3.63, 3.8) is 0 Å². The van der Waals surface area contributed by atoms with E-state index in [0.717, 1.165) is 16.7 Å². The lowest BCUT2D eigenvalue weighted by atomic mass is 9.88.